The van der Waals surface area contributed by atoms with Crippen molar-refractivity contribution in [1.82, 2.24) is 10.3 Å². The van der Waals surface area contributed by atoms with Gasteiger partial charge in [0.05, 0.1) is 11.9 Å². The first-order chi connectivity index (χ1) is 8.31. The maximum Gasteiger partial charge on any atom is 0.0595 e. The van der Waals surface area contributed by atoms with Crippen LogP contribution >= 0.6 is 0 Å². The quantitative estimate of drug-likeness (QED) is 0.733. The largest absolute Gasteiger partial charge is 0.373 e. The van der Waals surface area contributed by atoms with Crippen molar-refractivity contribution in [2.45, 2.75) is 32.7 Å². The van der Waals surface area contributed by atoms with Crippen LogP contribution in [0.5, 0.6) is 0 Å². The van der Waals surface area contributed by atoms with Crippen molar-refractivity contribution in [3.8, 4) is 0 Å². The molecule has 1 aliphatic carbocycles. The minimum absolute atomic E-state index is 0.914. The average molecular weight is 233 g/mol. The van der Waals surface area contributed by atoms with Gasteiger partial charge in [0.15, 0.2) is 0 Å². The molecule has 3 heteroatoms. The molecule has 17 heavy (non-hydrogen) atoms. The van der Waals surface area contributed by atoms with Crippen LogP contribution in [0.4, 0.5) is 5.69 Å². The van der Waals surface area contributed by atoms with Crippen molar-refractivity contribution in [1.29, 1.82) is 0 Å². The van der Waals surface area contributed by atoms with Crippen LogP contribution < -0.4 is 10.2 Å². The molecule has 1 fully saturated rings. The third-order valence-electron chi connectivity index (χ3n) is 3.27. The van der Waals surface area contributed by atoms with Crippen LogP contribution in [0.1, 0.15) is 31.7 Å². The SMILES string of the molecule is CCCNCc1ccncc1N(C)CC1CC1. The number of aromatic nitrogens is 1. The van der Waals surface area contributed by atoms with Crippen molar-refractivity contribution in [2.75, 3.05) is 25.0 Å². The van der Waals surface area contributed by atoms with Gasteiger partial charge < -0.3 is 10.2 Å². The maximum absolute atomic E-state index is 4.25. The summed E-state index contributed by atoms with van der Waals surface area (Å²) in [6.07, 6.45) is 7.85. The Hall–Kier alpha value is -1.09. The van der Waals surface area contributed by atoms with Crippen LogP contribution in [0, 0.1) is 5.92 Å². The van der Waals surface area contributed by atoms with Crippen LogP contribution in [0.25, 0.3) is 0 Å². The lowest BCUT2D eigenvalue weighted by atomic mass is 10.2. The zero-order chi connectivity index (χ0) is 12.1. The molecule has 1 N–H and O–H groups in total. The summed E-state index contributed by atoms with van der Waals surface area (Å²) in [7, 11) is 2.18. The van der Waals surface area contributed by atoms with Gasteiger partial charge in [0.25, 0.3) is 0 Å². The summed E-state index contributed by atoms with van der Waals surface area (Å²) in [5.41, 5.74) is 2.64. The fourth-order valence-electron chi connectivity index (χ4n) is 2.09. The first kappa shape index (κ1) is 12.4. The Morgan fingerprint density at radius 3 is 3.00 bits per heavy atom. The molecule has 0 atom stereocenters. The second kappa shape index (κ2) is 6.01. The van der Waals surface area contributed by atoms with E-state index in [-0.39, 0.29) is 0 Å². The van der Waals surface area contributed by atoms with Gasteiger partial charge in [0.2, 0.25) is 0 Å². The zero-order valence-electron chi connectivity index (χ0n) is 10.9. The van der Waals surface area contributed by atoms with E-state index in [9.17, 15) is 0 Å². The number of hydrogen-bond donors (Lipinski definition) is 1. The van der Waals surface area contributed by atoms with E-state index in [1.165, 1.54) is 37.1 Å². The number of pyridine rings is 1. The number of nitrogens with one attached hydrogen (secondary N) is 1. The molecule has 0 saturated heterocycles. The molecular weight excluding hydrogens is 210 g/mol. The normalized spacial score (nSPS) is 14.9. The van der Waals surface area contributed by atoms with Gasteiger partial charge in [-0.15, -0.1) is 0 Å². The number of anilines is 1. The topological polar surface area (TPSA) is 28.2 Å². The minimum atomic E-state index is 0.914. The molecule has 2 rings (SSSR count). The number of rotatable bonds is 7. The summed E-state index contributed by atoms with van der Waals surface area (Å²) in [6, 6.07) is 2.13. The molecule has 1 aromatic heterocycles. The smallest absolute Gasteiger partial charge is 0.0595 e. The van der Waals surface area contributed by atoms with Crippen molar-refractivity contribution >= 4 is 5.69 Å². The standard InChI is InChI=1S/C14H23N3/c1-3-7-15-9-13-6-8-16-10-14(13)17(2)11-12-4-5-12/h6,8,10,12,15H,3-5,7,9,11H2,1-2H3. The van der Waals surface area contributed by atoms with Gasteiger partial charge in [0.1, 0.15) is 0 Å². The van der Waals surface area contributed by atoms with Gasteiger partial charge in [-0.2, -0.15) is 0 Å². The van der Waals surface area contributed by atoms with E-state index in [4.69, 9.17) is 0 Å². The molecule has 1 aliphatic rings. The maximum atomic E-state index is 4.25. The van der Waals surface area contributed by atoms with Gasteiger partial charge in [0, 0.05) is 26.3 Å². The highest BCUT2D eigenvalue weighted by molar-refractivity contribution is 5.51. The summed E-state index contributed by atoms with van der Waals surface area (Å²) < 4.78 is 0. The zero-order valence-corrected chi connectivity index (χ0v) is 10.9. The van der Waals surface area contributed by atoms with Gasteiger partial charge in [-0.05, 0) is 43.4 Å². The first-order valence-corrected chi connectivity index (χ1v) is 6.66. The van der Waals surface area contributed by atoms with E-state index in [1.807, 2.05) is 12.4 Å². The lowest BCUT2D eigenvalue weighted by Gasteiger charge is -2.22. The van der Waals surface area contributed by atoms with E-state index in [0.717, 1.165) is 19.0 Å². The van der Waals surface area contributed by atoms with Crippen molar-refractivity contribution in [3.63, 3.8) is 0 Å². The molecule has 0 aromatic carbocycles. The summed E-state index contributed by atoms with van der Waals surface area (Å²) in [6.45, 7) is 5.39. The van der Waals surface area contributed by atoms with Crippen molar-refractivity contribution in [2.24, 2.45) is 5.92 Å². The Morgan fingerprint density at radius 1 is 1.47 bits per heavy atom. The molecule has 0 amide bonds. The lowest BCUT2D eigenvalue weighted by Crippen LogP contribution is -2.23. The Bertz CT molecular complexity index is 347. The number of hydrogen-bond acceptors (Lipinski definition) is 3. The van der Waals surface area contributed by atoms with Crippen LogP contribution in [-0.2, 0) is 6.54 Å². The molecule has 0 bridgehead atoms. The van der Waals surface area contributed by atoms with Crippen molar-refractivity contribution in [3.05, 3.63) is 24.0 Å². The second-order valence-corrected chi connectivity index (χ2v) is 5.01. The predicted octanol–water partition coefficient (Wildman–Crippen LogP) is 2.43. The predicted molar refractivity (Wildman–Crippen MR) is 72.2 cm³/mol. The highest BCUT2D eigenvalue weighted by Gasteiger charge is 2.23. The second-order valence-electron chi connectivity index (χ2n) is 5.01. The molecule has 1 heterocycles. The summed E-state index contributed by atoms with van der Waals surface area (Å²) in [5.74, 6) is 0.914. The summed E-state index contributed by atoms with van der Waals surface area (Å²) in [4.78, 5) is 6.61. The third-order valence-corrected chi connectivity index (χ3v) is 3.27. The summed E-state index contributed by atoms with van der Waals surface area (Å²) in [5, 5.41) is 3.46. The van der Waals surface area contributed by atoms with Crippen LogP contribution in [0.2, 0.25) is 0 Å². The highest BCUT2D eigenvalue weighted by atomic mass is 15.1. The Labute approximate surface area is 104 Å². The van der Waals surface area contributed by atoms with Crippen LogP contribution in [-0.4, -0.2) is 25.1 Å². The molecule has 0 radical (unpaired) electrons. The van der Waals surface area contributed by atoms with Gasteiger partial charge >= 0.3 is 0 Å². The Kier molecular flexibility index (Phi) is 4.37. The molecule has 3 nitrogen and oxygen atoms in total. The van der Waals surface area contributed by atoms with E-state index in [2.05, 4.69) is 35.2 Å². The fourth-order valence-corrected chi connectivity index (χ4v) is 2.09. The lowest BCUT2D eigenvalue weighted by molar-refractivity contribution is 0.671. The average Bonchev–Trinajstić information content (AvgIpc) is 3.14. The summed E-state index contributed by atoms with van der Waals surface area (Å²) >= 11 is 0. The molecule has 94 valence electrons. The molecule has 0 aliphatic heterocycles. The van der Waals surface area contributed by atoms with E-state index < -0.39 is 0 Å². The first-order valence-electron chi connectivity index (χ1n) is 6.66. The molecule has 1 aromatic rings. The Balaban J connectivity index is 1.97. The highest BCUT2D eigenvalue weighted by Crippen LogP contribution is 2.31. The molecule has 0 unspecified atom stereocenters. The monoisotopic (exact) mass is 233 g/mol. The molecular formula is C14H23N3. The van der Waals surface area contributed by atoms with Gasteiger partial charge in [-0.3, -0.25) is 4.98 Å². The number of nitrogens with zero attached hydrogens (tertiary/aromatic N) is 2. The van der Waals surface area contributed by atoms with E-state index >= 15 is 0 Å². The van der Waals surface area contributed by atoms with E-state index in [0.29, 0.717) is 0 Å². The van der Waals surface area contributed by atoms with Crippen LogP contribution in [0.15, 0.2) is 18.5 Å². The van der Waals surface area contributed by atoms with Gasteiger partial charge in [-0.25, -0.2) is 0 Å². The third kappa shape index (κ3) is 3.70. The van der Waals surface area contributed by atoms with Crippen LogP contribution in [0.3, 0.4) is 0 Å². The van der Waals surface area contributed by atoms with E-state index in [1.54, 1.807) is 0 Å². The Morgan fingerprint density at radius 2 is 2.29 bits per heavy atom. The van der Waals surface area contributed by atoms with Crippen molar-refractivity contribution < 1.29 is 0 Å². The minimum Gasteiger partial charge on any atom is -0.373 e. The fraction of sp³-hybridized carbons (Fsp3) is 0.643. The van der Waals surface area contributed by atoms with Gasteiger partial charge in [-0.1, -0.05) is 6.92 Å². The molecule has 0 spiro atoms. The molecule has 1 saturated carbocycles.